The van der Waals surface area contributed by atoms with Gasteiger partial charge in [0.1, 0.15) is 6.10 Å². The second-order valence-corrected chi connectivity index (χ2v) is 13.0. The Morgan fingerprint density at radius 3 is 1.88 bits per heavy atom. The maximum atomic E-state index is 6.74. The van der Waals surface area contributed by atoms with E-state index in [0.29, 0.717) is 41.1 Å². The number of unbranched alkanes of at least 4 members (excludes halogenated alkanes) is 6. The van der Waals surface area contributed by atoms with Crippen molar-refractivity contribution in [3.8, 4) is 34.5 Å². The molecule has 2 heterocycles. The van der Waals surface area contributed by atoms with Gasteiger partial charge in [-0.25, -0.2) is 0 Å². The first-order valence-electron chi connectivity index (χ1n) is 17.7. The second kappa shape index (κ2) is 17.8. The first-order valence-corrected chi connectivity index (χ1v) is 17.7. The Bertz CT molecular complexity index is 1480. The van der Waals surface area contributed by atoms with E-state index in [9.17, 15) is 0 Å². The first-order chi connectivity index (χ1) is 23.9. The standard InChI is InChI=1S/C40H54O9/c1-8-9-10-11-12-13-14-21-45-39(30-16-19-32-36(24-30)47-25-46-32)40(44-7)48-33-20-17-29(23-35(33)43-6)38-27(3)26(2)37(49-38)28-15-18-31(41-4)34(22-28)42-5/h15-20,22-24,26-27,37-40H,8-14,21,25H2,1-7H3/t26-,27+,37+,38-,39?,40?/m0/s1. The van der Waals surface area contributed by atoms with Crippen LogP contribution in [0.25, 0.3) is 0 Å². The van der Waals surface area contributed by atoms with Gasteiger partial charge in [0.05, 0.1) is 33.5 Å². The van der Waals surface area contributed by atoms with Crippen molar-refractivity contribution in [3.63, 3.8) is 0 Å². The molecule has 5 rings (SSSR count). The Kier molecular flexibility index (Phi) is 13.3. The van der Waals surface area contributed by atoms with Gasteiger partial charge >= 0.3 is 0 Å². The number of benzene rings is 3. The van der Waals surface area contributed by atoms with Crippen molar-refractivity contribution in [3.05, 3.63) is 71.3 Å². The Balaban J connectivity index is 1.31. The van der Waals surface area contributed by atoms with E-state index in [1.54, 1.807) is 28.4 Å². The highest BCUT2D eigenvalue weighted by atomic mass is 16.7. The molecule has 1 saturated heterocycles. The van der Waals surface area contributed by atoms with Gasteiger partial charge in [-0.1, -0.05) is 77.5 Å². The van der Waals surface area contributed by atoms with Crippen molar-refractivity contribution in [1.82, 2.24) is 0 Å². The molecule has 6 atom stereocenters. The lowest BCUT2D eigenvalue weighted by Crippen LogP contribution is -2.30. The molecule has 0 aromatic heterocycles. The molecule has 0 radical (unpaired) electrons. The zero-order chi connectivity index (χ0) is 34.8. The fourth-order valence-corrected chi connectivity index (χ4v) is 6.76. The number of fused-ring (bicyclic) bond motifs is 1. The molecular formula is C40H54O9. The highest BCUT2D eigenvalue weighted by Crippen LogP contribution is 2.51. The van der Waals surface area contributed by atoms with Gasteiger partial charge in [-0.05, 0) is 71.3 Å². The number of rotatable bonds is 19. The molecule has 3 aromatic carbocycles. The van der Waals surface area contributed by atoms with E-state index in [2.05, 4.69) is 20.8 Å². The van der Waals surface area contributed by atoms with Gasteiger partial charge in [-0.3, -0.25) is 0 Å². The third-order valence-corrected chi connectivity index (χ3v) is 9.82. The monoisotopic (exact) mass is 678 g/mol. The minimum absolute atomic E-state index is 0.101. The minimum atomic E-state index is -0.749. The molecule has 2 unspecified atom stereocenters. The highest BCUT2D eigenvalue weighted by molar-refractivity contribution is 5.47. The molecule has 9 nitrogen and oxygen atoms in total. The van der Waals surface area contributed by atoms with Crippen LogP contribution in [-0.4, -0.2) is 48.1 Å². The predicted molar refractivity (Wildman–Crippen MR) is 188 cm³/mol. The van der Waals surface area contributed by atoms with Crippen LogP contribution in [0.2, 0.25) is 0 Å². The van der Waals surface area contributed by atoms with Crippen molar-refractivity contribution in [2.45, 2.75) is 90.3 Å². The van der Waals surface area contributed by atoms with Crippen LogP contribution in [0.1, 0.15) is 101 Å². The second-order valence-electron chi connectivity index (χ2n) is 13.0. The van der Waals surface area contributed by atoms with Crippen molar-refractivity contribution < 1.29 is 42.6 Å². The number of ether oxygens (including phenoxy) is 9. The lowest BCUT2D eigenvalue weighted by Gasteiger charge is -2.28. The SMILES string of the molecule is CCCCCCCCCOC(c1ccc2c(c1)OCO2)C(OC)Oc1ccc([C@H]2O[C@@H](c3ccc(OC)c(OC)c3)[C@@H](C)[C@H]2C)cc1OC. The van der Waals surface area contributed by atoms with E-state index in [-0.39, 0.29) is 30.8 Å². The summed E-state index contributed by atoms with van der Waals surface area (Å²) in [4.78, 5) is 0. The Hall–Kier alpha value is -3.66. The summed E-state index contributed by atoms with van der Waals surface area (Å²) in [7, 11) is 6.57. The van der Waals surface area contributed by atoms with Gasteiger partial charge in [0, 0.05) is 13.7 Å². The first kappa shape index (κ1) is 36.6. The summed E-state index contributed by atoms with van der Waals surface area (Å²) >= 11 is 0. The maximum absolute atomic E-state index is 6.74. The summed E-state index contributed by atoms with van der Waals surface area (Å²) in [5.41, 5.74) is 2.96. The average molecular weight is 679 g/mol. The molecule has 3 aromatic rings. The summed E-state index contributed by atoms with van der Waals surface area (Å²) in [6.07, 6.45) is 6.90. The van der Waals surface area contributed by atoms with Gasteiger partial charge in [0.15, 0.2) is 34.5 Å². The Morgan fingerprint density at radius 2 is 1.24 bits per heavy atom. The van der Waals surface area contributed by atoms with Crippen LogP contribution < -0.4 is 28.4 Å². The molecule has 0 spiro atoms. The number of hydrogen-bond acceptors (Lipinski definition) is 9. The van der Waals surface area contributed by atoms with E-state index in [1.807, 2.05) is 54.6 Å². The summed E-state index contributed by atoms with van der Waals surface area (Å²) in [5.74, 6) is 4.44. The zero-order valence-corrected chi connectivity index (χ0v) is 30.2. The van der Waals surface area contributed by atoms with Crippen molar-refractivity contribution in [2.24, 2.45) is 11.8 Å². The molecule has 9 heteroatoms. The lowest BCUT2D eigenvalue weighted by atomic mass is 9.85. The smallest absolute Gasteiger partial charge is 0.231 e. The van der Waals surface area contributed by atoms with Crippen molar-refractivity contribution in [2.75, 3.05) is 41.8 Å². The van der Waals surface area contributed by atoms with E-state index in [0.717, 1.165) is 29.5 Å². The fourth-order valence-electron chi connectivity index (χ4n) is 6.76. The Labute approximate surface area is 292 Å². The van der Waals surface area contributed by atoms with Gasteiger partial charge in [0.25, 0.3) is 0 Å². The molecule has 1 fully saturated rings. The van der Waals surface area contributed by atoms with Gasteiger partial charge < -0.3 is 42.6 Å². The van der Waals surface area contributed by atoms with Crippen LogP contribution in [-0.2, 0) is 14.2 Å². The van der Waals surface area contributed by atoms with Gasteiger partial charge in [-0.15, -0.1) is 0 Å². The average Bonchev–Trinajstić information content (AvgIpc) is 3.73. The van der Waals surface area contributed by atoms with Crippen LogP contribution in [0.4, 0.5) is 0 Å². The van der Waals surface area contributed by atoms with Crippen LogP contribution >= 0.6 is 0 Å². The quantitative estimate of drug-likeness (QED) is 0.0910. The third kappa shape index (κ3) is 8.74. The van der Waals surface area contributed by atoms with Gasteiger partial charge in [0.2, 0.25) is 13.1 Å². The molecule has 2 aliphatic heterocycles. The van der Waals surface area contributed by atoms with Crippen LogP contribution in [0, 0.1) is 11.8 Å². The summed E-state index contributed by atoms with van der Waals surface area (Å²) < 4.78 is 53.9. The molecule has 0 N–H and O–H groups in total. The molecule has 0 bridgehead atoms. The predicted octanol–water partition coefficient (Wildman–Crippen LogP) is 9.39. The minimum Gasteiger partial charge on any atom is -0.493 e. The molecule has 2 aliphatic rings. The lowest BCUT2D eigenvalue weighted by molar-refractivity contribution is -0.152. The summed E-state index contributed by atoms with van der Waals surface area (Å²) in [6.45, 7) is 7.49. The Morgan fingerprint density at radius 1 is 0.653 bits per heavy atom. The molecule has 49 heavy (non-hydrogen) atoms. The zero-order valence-electron chi connectivity index (χ0n) is 30.2. The van der Waals surface area contributed by atoms with E-state index in [4.69, 9.17) is 42.6 Å². The van der Waals surface area contributed by atoms with Crippen LogP contribution in [0.5, 0.6) is 34.5 Å². The summed E-state index contributed by atoms with van der Waals surface area (Å²) in [6, 6.07) is 17.8. The van der Waals surface area contributed by atoms with Crippen LogP contribution in [0.15, 0.2) is 54.6 Å². The van der Waals surface area contributed by atoms with Crippen molar-refractivity contribution in [1.29, 1.82) is 0 Å². The highest BCUT2D eigenvalue weighted by Gasteiger charge is 2.41. The molecule has 0 saturated carbocycles. The van der Waals surface area contributed by atoms with E-state index in [1.165, 1.54) is 32.1 Å². The molecule has 0 amide bonds. The van der Waals surface area contributed by atoms with Gasteiger partial charge in [-0.2, -0.15) is 0 Å². The third-order valence-electron chi connectivity index (χ3n) is 9.82. The number of hydrogen-bond donors (Lipinski definition) is 0. The molecule has 0 aliphatic carbocycles. The normalized spacial score (nSPS) is 21.0. The van der Waals surface area contributed by atoms with Crippen molar-refractivity contribution >= 4 is 0 Å². The largest absolute Gasteiger partial charge is 0.493 e. The van der Waals surface area contributed by atoms with Crippen LogP contribution in [0.3, 0.4) is 0 Å². The van der Waals surface area contributed by atoms with E-state index < -0.39 is 12.4 Å². The topological polar surface area (TPSA) is 83.1 Å². The van der Waals surface area contributed by atoms with E-state index >= 15 is 0 Å². The number of methoxy groups -OCH3 is 4. The molecule has 268 valence electrons. The summed E-state index contributed by atoms with van der Waals surface area (Å²) in [5, 5.41) is 0. The fraction of sp³-hybridized carbons (Fsp3) is 0.550. The maximum Gasteiger partial charge on any atom is 0.231 e. The molecular weight excluding hydrogens is 624 g/mol.